The molecule has 0 fully saturated rings. The molecule has 0 aliphatic heterocycles. The molecule has 0 aliphatic carbocycles. The number of amides is 3. The molecular weight excluding hydrogens is 421 g/mol. The smallest absolute Gasteiger partial charge is 0.326 e. The second-order valence-electron chi connectivity index (χ2n) is 6.56. The largest absolute Gasteiger partial charge is 0.341 e. The number of halogens is 2. The summed E-state index contributed by atoms with van der Waals surface area (Å²) in [5.74, 6) is -0.563. The van der Waals surface area contributed by atoms with E-state index >= 15 is 0 Å². The lowest BCUT2D eigenvalue weighted by atomic mass is 10.2. The molecule has 3 amide bonds. The number of nitrogens with one attached hydrogen (secondary N) is 2. The molecule has 3 aromatic carbocycles. The van der Waals surface area contributed by atoms with Gasteiger partial charge in [0.1, 0.15) is 0 Å². The molecule has 0 radical (unpaired) electrons. The van der Waals surface area contributed by atoms with Crippen LogP contribution < -0.4 is 15.5 Å². The Balaban J connectivity index is 1.67. The van der Waals surface area contributed by atoms with E-state index in [0.717, 1.165) is 24.3 Å². The van der Waals surface area contributed by atoms with Gasteiger partial charge in [-0.05, 0) is 67.1 Å². The molecular formula is C23H21Cl2N3O2. The number of urea groups is 1. The maximum absolute atomic E-state index is 12.2. The number of hydrogen-bond donors (Lipinski definition) is 2. The van der Waals surface area contributed by atoms with Crippen LogP contribution in [0.4, 0.5) is 21.9 Å². The van der Waals surface area contributed by atoms with E-state index in [-0.39, 0.29) is 10.6 Å². The zero-order valence-electron chi connectivity index (χ0n) is 16.4. The number of nitrogens with zero attached hydrogens (tertiary/aromatic N) is 1. The Labute approximate surface area is 185 Å². The summed E-state index contributed by atoms with van der Waals surface area (Å²) in [7, 11) is 0. The second kappa shape index (κ2) is 10.1. The first-order valence-electron chi connectivity index (χ1n) is 9.48. The lowest BCUT2D eigenvalue weighted by molar-refractivity contribution is 0.0967. The Kier molecular flexibility index (Phi) is 7.33. The van der Waals surface area contributed by atoms with Crippen LogP contribution in [0, 0.1) is 0 Å². The molecule has 0 bridgehead atoms. The Hall–Kier alpha value is -3.02. The molecule has 5 nitrogen and oxygen atoms in total. The van der Waals surface area contributed by atoms with Gasteiger partial charge in [0.2, 0.25) is 0 Å². The molecule has 154 valence electrons. The highest BCUT2D eigenvalue weighted by Crippen LogP contribution is 2.28. The van der Waals surface area contributed by atoms with Crippen molar-refractivity contribution >= 4 is 52.2 Å². The number of imide groups is 1. The van der Waals surface area contributed by atoms with Crippen molar-refractivity contribution in [1.29, 1.82) is 0 Å². The van der Waals surface area contributed by atoms with Gasteiger partial charge >= 0.3 is 6.03 Å². The summed E-state index contributed by atoms with van der Waals surface area (Å²) >= 11 is 12.0. The quantitative estimate of drug-likeness (QED) is 0.458. The standard InChI is InChI=1S/C23H21Cl2N3O2/c1-2-15-28(18-11-7-16(24)8-12-18)19-13-9-17(10-14-19)26-23(30)27-22(29)20-5-3-4-6-21(20)25/h3-14H,2,15H2,1H3,(H2,26,27,29,30). The summed E-state index contributed by atoms with van der Waals surface area (Å²) in [5, 5.41) is 5.91. The van der Waals surface area contributed by atoms with Crippen LogP contribution in [0.1, 0.15) is 23.7 Å². The molecule has 0 saturated heterocycles. The van der Waals surface area contributed by atoms with Gasteiger partial charge in [0, 0.05) is 28.6 Å². The molecule has 0 aromatic heterocycles. The van der Waals surface area contributed by atoms with E-state index in [4.69, 9.17) is 23.2 Å². The molecule has 7 heteroatoms. The third kappa shape index (κ3) is 5.53. The fourth-order valence-electron chi connectivity index (χ4n) is 2.95. The molecule has 2 N–H and O–H groups in total. The fourth-order valence-corrected chi connectivity index (χ4v) is 3.30. The van der Waals surface area contributed by atoms with Crippen LogP contribution >= 0.6 is 23.2 Å². The molecule has 0 heterocycles. The molecule has 30 heavy (non-hydrogen) atoms. The van der Waals surface area contributed by atoms with E-state index in [0.29, 0.717) is 10.7 Å². The van der Waals surface area contributed by atoms with Gasteiger partial charge in [0.05, 0.1) is 10.6 Å². The summed E-state index contributed by atoms with van der Waals surface area (Å²) < 4.78 is 0. The molecule has 0 spiro atoms. The SMILES string of the molecule is CCCN(c1ccc(Cl)cc1)c1ccc(NC(=O)NC(=O)c2ccccc2Cl)cc1. The van der Waals surface area contributed by atoms with Gasteiger partial charge in [-0.2, -0.15) is 0 Å². The van der Waals surface area contributed by atoms with Crippen molar-refractivity contribution in [1.82, 2.24) is 5.32 Å². The van der Waals surface area contributed by atoms with Crippen molar-refractivity contribution in [2.75, 3.05) is 16.8 Å². The minimum absolute atomic E-state index is 0.239. The second-order valence-corrected chi connectivity index (χ2v) is 7.41. The maximum Gasteiger partial charge on any atom is 0.326 e. The van der Waals surface area contributed by atoms with Gasteiger partial charge < -0.3 is 10.2 Å². The van der Waals surface area contributed by atoms with Crippen LogP contribution in [0.15, 0.2) is 72.8 Å². The third-order valence-electron chi connectivity index (χ3n) is 4.37. The highest BCUT2D eigenvalue weighted by molar-refractivity contribution is 6.34. The average Bonchev–Trinajstić information content (AvgIpc) is 2.74. The third-order valence-corrected chi connectivity index (χ3v) is 4.95. The van der Waals surface area contributed by atoms with Crippen molar-refractivity contribution in [3.05, 3.63) is 88.4 Å². The number of benzene rings is 3. The van der Waals surface area contributed by atoms with Crippen LogP contribution in [-0.2, 0) is 0 Å². The van der Waals surface area contributed by atoms with Crippen molar-refractivity contribution in [2.45, 2.75) is 13.3 Å². The van der Waals surface area contributed by atoms with Crippen molar-refractivity contribution in [2.24, 2.45) is 0 Å². The van der Waals surface area contributed by atoms with Crippen LogP contribution in [0.5, 0.6) is 0 Å². The van der Waals surface area contributed by atoms with Crippen LogP contribution in [0.2, 0.25) is 10.0 Å². The van der Waals surface area contributed by atoms with Crippen molar-refractivity contribution in [3.63, 3.8) is 0 Å². The van der Waals surface area contributed by atoms with Gasteiger partial charge in [-0.1, -0.05) is 42.3 Å². The van der Waals surface area contributed by atoms with Crippen LogP contribution in [0.25, 0.3) is 0 Å². The highest BCUT2D eigenvalue weighted by atomic mass is 35.5. The number of anilines is 3. The molecule has 0 atom stereocenters. The van der Waals surface area contributed by atoms with Gasteiger partial charge in [-0.3, -0.25) is 10.1 Å². The van der Waals surface area contributed by atoms with E-state index in [1.807, 2.05) is 36.4 Å². The maximum atomic E-state index is 12.2. The minimum Gasteiger partial charge on any atom is -0.341 e. The van der Waals surface area contributed by atoms with E-state index < -0.39 is 11.9 Å². The normalized spacial score (nSPS) is 10.4. The summed E-state index contributed by atoms with van der Waals surface area (Å²) in [6.45, 7) is 2.94. The van der Waals surface area contributed by atoms with E-state index in [9.17, 15) is 9.59 Å². The van der Waals surface area contributed by atoms with Gasteiger partial charge in [-0.15, -0.1) is 0 Å². The lowest BCUT2D eigenvalue weighted by Gasteiger charge is -2.25. The zero-order valence-corrected chi connectivity index (χ0v) is 17.9. The van der Waals surface area contributed by atoms with Crippen LogP contribution in [-0.4, -0.2) is 18.5 Å². The van der Waals surface area contributed by atoms with Gasteiger partial charge in [0.25, 0.3) is 5.91 Å². The summed E-state index contributed by atoms with van der Waals surface area (Å²) in [5.41, 5.74) is 2.82. The van der Waals surface area contributed by atoms with E-state index in [1.165, 1.54) is 0 Å². The molecule has 3 aromatic rings. The fraction of sp³-hybridized carbons (Fsp3) is 0.130. The first-order valence-corrected chi connectivity index (χ1v) is 10.2. The molecule has 0 aliphatic rings. The summed E-state index contributed by atoms with van der Waals surface area (Å²) in [6, 6.07) is 21.0. The van der Waals surface area contributed by atoms with E-state index in [1.54, 1.807) is 36.4 Å². The Morgan fingerprint density at radius 3 is 2.07 bits per heavy atom. The number of carbonyl (C=O) groups excluding carboxylic acids is 2. The van der Waals surface area contributed by atoms with Crippen molar-refractivity contribution < 1.29 is 9.59 Å². The molecule has 0 saturated carbocycles. The first-order chi connectivity index (χ1) is 14.5. The predicted molar refractivity (Wildman–Crippen MR) is 123 cm³/mol. The van der Waals surface area contributed by atoms with Crippen molar-refractivity contribution in [3.8, 4) is 0 Å². The Morgan fingerprint density at radius 1 is 0.867 bits per heavy atom. The first kappa shape index (κ1) is 21.7. The Bertz CT molecular complexity index is 1020. The monoisotopic (exact) mass is 441 g/mol. The molecule has 0 unspecified atom stereocenters. The predicted octanol–water partition coefficient (Wildman–Crippen LogP) is 6.50. The summed E-state index contributed by atoms with van der Waals surface area (Å²) in [4.78, 5) is 26.5. The average molecular weight is 442 g/mol. The number of rotatable bonds is 6. The van der Waals surface area contributed by atoms with Crippen LogP contribution in [0.3, 0.4) is 0 Å². The minimum atomic E-state index is -0.629. The topological polar surface area (TPSA) is 61.4 Å². The lowest BCUT2D eigenvalue weighted by Crippen LogP contribution is -2.34. The zero-order chi connectivity index (χ0) is 21.5. The Morgan fingerprint density at radius 2 is 1.47 bits per heavy atom. The summed E-state index contributed by atoms with van der Waals surface area (Å²) in [6.07, 6.45) is 0.967. The number of carbonyl (C=O) groups is 2. The molecule has 3 rings (SSSR count). The van der Waals surface area contributed by atoms with Gasteiger partial charge in [-0.25, -0.2) is 4.79 Å². The van der Waals surface area contributed by atoms with Gasteiger partial charge in [0.15, 0.2) is 0 Å². The van der Waals surface area contributed by atoms with E-state index in [2.05, 4.69) is 22.5 Å². The number of hydrogen-bond acceptors (Lipinski definition) is 3. The highest BCUT2D eigenvalue weighted by Gasteiger charge is 2.14.